The van der Waals surface area contributed by atoms with Crippen LogP contribution in [0.15, 0.2) is 11.6 Å². The predicted octanol–water partition coefficient (Wildman–Crippen LogP) is 1.80. The fourth-order valence-electron chi connectivity index (χ4n) is 5.48. The van der Waals surface area contributed by atoms with Crippen molar-refractivity contribution in [3.8, 4) is 0 Å². The van der Waals surface area contributed by atoms with Crippen LogP contribution in [0.5, 0.6) is 0 Å². The van der Waals surface area contributed by atoms with Crippen LogP contribution in [0, 0.1) is 23.2 Å². The van der Waals surface area contributed by atoms with Crippen molar-refractivity contribution >= 4 is 11.6 Å². The second-order valence-corrected chi connectivity index (χ2v) is 9.69. The molecule has 3 fully saturated rings. The highest BCUT2D eigenvalue weighted by Crippen LogP contribution is 2.64. The number of carbonyl (C=O) groups is 2. The Kier molecular flexibility index (Phi) is 3.21. The molecule has 1 saturated heterocycles. The zero-order chi connectivity index (χ0) is 18.6. The number of aliphatic hydroxyl groups is 2. The van der Waals surface area contributed by atoms with Crippen molar-refractivity contribution in [1.29, 1.82) is 0 Å². The van der Waals surface area contributed by atoms with Gasteiger partial charge in [0.05, 0.1) is 5.60 Å². The van der Waals surface area contributed by atoms with E-state index in [2.05, 4.69) is 13.8 Å². The molecule has 2 saturated carbocycles. The Morgan fingerprint density at radius 3 is 2.40 bits per heavy atom. The molecular formula is C20H28O5. The minimum absolute atomic E-state index is 0.0305. The standard InChI is InChI=1S/C20H28O5/c1-10-8-12-11(17(12,2)3)6-7-18(4,23)9-13-15(22)19(5)16(25-19)20(13,24)14(10)21/h9-12,16,23-24H,6-8H2,1-5H3. The molecule has 138 valence electrons. The number of Topliss-reactive ketones (excluding diaryl/α,β-unsaturated/α-hetero) is 2. The van der Waals surface area contributed by atoms with E-state index in [9.17, 15) is 19.8 Å². The summed E-state index contributed by atoms with van der Waals surface area (Å²) in [7, 11) is 0. The van der Waals surface area contributed by atoms with Crippen molar-refractivity contribution in [1.82, 2.24) is 0 Å². The first-order chi connectivity index (χ1) is 11.4. The zero-order valence-electron chi connectivity index (χ0n) is 15.6. The van der Waals surface area contributed by atoms with Gasteiger partial charge in [-0.25, -0.2) is 0 Å². The van der Waals surface area contributed by atoms with E-state index >= 15 is 0 Å². The topological polar surface area (TPSA) is 87.1 Å². The largest absolute Gasteiger partial charge is 0.386 e. The van der Waals surface area contributed by atoms with E-state index in [0.29, 0.717) is 24.7 Å². The van der Waals surface area contributed by atoms with Gasteiger partial charge in [0.2, 0.25) is 0 Å². The summed E-state index contributed by atoms with van der Waals surface area (Å²) in [5.74, 6) is -0.220. The van der Waals surface area contributed by atoms with E-state index in [1.807, 2.05) is 6.92 Å². The summed E-state index contributed by atoms with van der Waals surface area (Å²) in [6, 6.07) is 0. The second-order valence-electron chi connectivity index (χ2n) is 9.69. The van der Waals surface area contributed by atoms with Crippen LogP contribution < -0.4 is 0 Å². The first kappa shape index (κ1) is 17.4. The molecule has 2 N–H and O–H groups in total. The minimum atomic E-state index is -1.94. The Morgan fingerprint density at radius 1 is 1.12 bits per heavy atom. The molecule has 0 radical (unpaired) electrons. The van der Waals surface area contributed by atoms with Gasteiger partial charge in [0.1, 0.15) is 6.10 Å². The van der Waals surface area contributed by atoms with Crippen molar-refractivity contribution in [2.75, 3.05) is 0 Å². The Labute approximate surface area is 148 Å². The smallest absolute Gasteiger partial charge is 0.196 e. The minimum Gasteiger partial charge on any atom is -0.386 e. The number of ether oxygens (including phenoxy) is 1. The summed E-state index contributed by atoms with van der Waals surface area (Å²) in [5.41, 5.74) is -4.12. The Balaban J connectivity index is 1.79. The third-order valence-electron chi connectivity index (χ3n) is 7.43. The molecular weight excluding hydrogens is 320 g/mol. The SMILES string of the molecule is CC1CC2C(CCC(C)(O)C=C3C(=O)C4(C)OC4C3(O)C1=O)C2(C)C. The van der Waals surface area contributed by atoms with E-state index in [1.54, 1.807) is 13.8 Å². The monoisotopic (exact) mass is 348 g/mol. The molecule has 0 aromatic carbocycles. The van der Waals surface area contributed by atoms with Gasteiger partial charge in [-0.15, -0.1) is 0 Å². The maximum Gasteiger partial charge on any atom is 0.196 e. The van der Waals surface area contributed by atoms with Crippen molar-refractivity contribution in [2.45, 2.75) is 76.8 Å². The van der Waals surface area contributed by atoms with Crippen LogP contribution in [0.1, 0.15) is 53.9 Å². The van der Waals surface area contributed by atoms with E-state index in [0.717, 1.165) is 6.42 Å². The molecule has 7 atom stereocenters. The maximum absolute atomic E-state index is 13.2. The van der Waals surface area contributed by atoms with Gasteiger partial charge in [-0.05, 0) is 56.4 Å². The molecule has 4 aliphatic rings. The predicted molar refractivity (Wildman–Crippen MR) is 90.7 cm³/mol. The molecule has 4 rings (SSSR count). The molecule has 1 aliphatic heterocycles. The van der Waals surface area contributed by atoms with Gasteiger partial charge < -0.3 is 14.9 Å². The molecule has 0 bridgehead atoms. The van der Waals surface area contributed by atoms with Gasteiger partial charge in [-0.3, -0.25) is 9.59 Å². The summed E-state index contributed by atoms with van der Waals surface area (Å²) in [6.07, 6.45) is 2.66. The summed E-state index contributed by atoms with van der Waals surface area (Å²) in [4.78, 5) is 25.9. The third kappa shape index (κ3) is 2.12. The Bertz CT molecular complexity index is 705. The van der Waals surface area contributed by atoms with Crippen LogP contribution >= 0.6 is 0 Å². The molecule has 1 heterocycles. The Morgan fingerprint density at radius 2 is 1.76 bits per heavy atom. The van der Waals surface area contributed by atoms with Gasteiger partial charge in [-0.1, -0.05) is 20.8 Å². The summed E-state index contributed by atoms with van der Waals surface area (Å²) in [6.45, 7) is 9.51. The summed E-state index contributed by atoms with van der Waals surface area (Å²) >= 11 is 0. The zero-order valence-corrected chi connectivity index (χ0v) is 15.6. The number of ketones is 2. The van der Waals surface area contributed by atoms with E-state index in [-0.39, 0.29) is 28.5 Å². The van der Waals surface area contributed by atoms with Crippen molar-refractivity contribution in [2.24, 2.45) is 23.2 Å². The lowest BCUT2D eigenvalue weighted by atomic mass is 9.80. The summed E-state index contributed by atoms with van der Waals surface area (Å²) < 4.78 is 5.45. The van der Waals surface area contributed by atoms with Crippen molar-refractivity contribution < 1.29 is 24.5 Å². The van der Waals surface area contributed by atoms with Crippen LogP contribution in [0.25, 0.3) is 0 Å². The molecule has 3 aliphatic carbocycles. The average Bonchev–Trinajstić information content (AvgIpc) is 3.32. The fourth-order valence-corrected chi connectivity index (χ4v) is 5.48. The lowest BCUT2D eigenvalue weighted by Gasteiger charge is -2.29. The number of fused-ring (bicyclic) bond motifs is 4. The quantitative estimate of drug-likeness (QED) is 0.652. The van der Waals surface area contributed by atoms with E-state index < -0.39 is 22.9 Å². The lowest BCUT2D eigenvalue weighted by molar-refractivity contribution is -0.141. The van der Waals surface area contributed by atoms with Crippen LogP contribution in [-0.2, 0) is 14.3 Å². The molecule has 7 unspecified atom stereocenters. The lowest BCUT2D eigenvalue weighted by Crippen LogP contribution is -2.48. The third-order valence-corrected chi connectivity index (χ3v) is 7.43. The number of hydrogen-bond donors (Lipinski definition) is 2. The highest BCUT2D eigenvalue weighted by Gasteiger charge is 2.79. The van der Waals surface area contributed by atoms with Crippen LogP contribution in [-0.4, -0.2) is 44.7 Å². The van der Waals surface area contributed by atoms with Gasteiger partial charge in [0, 0.05) is 11.5 Å². The molecule has 0 aromatic heterocycles. The molecule has 0 aromatic rings. The van der Waals surface area contributed by atoms with Crippen LogP contribution in [0.4, 0.5) is 0 Å². The highest BCUT2D eigenvalue weighted by molar-refractivity contribution is 6.17. The van der Waals surface area contributed by atoms with E-state index in [4.69, 9.17) is 4.74 Å². The molecule has 0 spiro atoms. The molecule has 5 nitrogen and oxygen atoms in total. The summed E-state index contributed by atoms with van der Waals surface area (Å²) in [5, 5.41) is 22.1. The number of hydrogen-bond acceptors (Lipinski definition) is 5. The van der Waals surface area contributed by atoms with Gasteiger partial charge >= 0.3 is 0 Å². The van der Waals surface area contributed by atoms with Gasteiger partial charge in [0.15, 0.2) is 22.8 Å². The van der Waals surface area contributed by atoms with Crippen LogP contribution in [0.2, 0.25) is 0 Å². The number of epoxide rings is 1. The highest BCUT2D eigenvalue weighted by atomic mass is 16.6. The normalized spacial score (nSPS) is 54.0. The first-order valence-corrected chi connectivity index (χ1v) is 9.30. The van der Waals surface area contributed by atoms with E-state index in [1.165, 1.54) is 6.08 Å². The van der Waals surface area contributed by atoms with Crippen molar-refractivity contribution in [3.63, 3.8) is 0 Å². The van der Waals surface area contributed by atoms with Gasteiger partial charge in [-0.2, -0.15) is 0 Å². The number of carbonyl (C=O) groups excluding carboxylic acids is 2. The fraction of sp³-hybridized carbons (Fsp3) is 0.800. The van der Waals surface area contributed by atoms with Gasteiger partial charge in [0.25, 0.3) is 0 Å². The molecule has 25 heavy (non-hydrogen) atoms. The number of rotatable bonds is 0. The van der Waals surface area contributed by atoms with Crippen LogP contribution in [0.3, 0.4) is 0 Å². The second kappa shape index (κ2) is 4.62. The average molecular weight is 348 g/mol. The first-order valence-electron chi connectivity index (χ1n) is 9.30. The van der Waals surface area contributed by atoms with Crippen molar-refractivity contribution in [3.05, 3.63) is 11.6 Å². The maximum atomic E-state index is 13.2. The molecule has 0 amide bonds. The molecule has 5 heteroatoms. The Hall–Kier alpha value is -1.04.